The molecule has 2 N–H and O–H groups in total. The average Bonchev–Trinajstić information content (AvgIpc) is 2.33. The second kappa shape index (κ2) is 7.92. The number of amides is 1. The molecule has 1 aromatic rings. The third kappa shape index (κ3) is 5.85. The van der Waals surface area contributed by atoms with Crippen LogP contribution in [0.15, 0.2) is 18.2 Å². The fourth-order valence-corrected chi connectivity index (χ4v) is 1.99. The smallest absolute Gasteiger partial charge is 0.238 e. The minimum Gasteiger partial charge on any atom is -0.325 e. The first-order valence-corrected chi connectivity index (χ1v) is 6.73. The van der Waals surface area contributed by atoms with Gasteiger partial charge in [0.25, 0.3) is 0 Å². The molecule has 19 heavy (non-hydrogen) atoms. The molecule has 106 valence electrons. The SMILES string of the molecule is CNCCCN(C)CC(=O)Nc1ccc(C)cc1C. The largest absolute Gasteiger partial charge is 0.325 e. The summed E-state index contributed by atoms with van der Waals surface area (Å²) in [5.74, 6) is 0.0407. The molecule has 0 heterocycles. The van der Waals surface area contributed by atoms with E-state index in [1.165, 1.54) is 5.56 Å². The van der Waals surface area contributed by atoms with Gasteiger partial charge in [0.2, 0.25) is 5.91 Å². The Labute approximate surface area is 116 Å². The van der Waals surface area contributed by atoms with Gasteiger partial charge in [-0.05, 0) is 59.1 Å². The normalized spacial score (nSPS) is 10.8. The van der Waals surface area contributed by atoms with Crippen LogP contribution in [0.25, 0.3) is 0 Å². The van der Waals surface area contributed by atoms with Crippen LogP contribution in [0, 0.1) is 13.8 Å². The molecule has 0 aliphatic carbocycles. The third-order valence-electron chi connectivity index (χ3n) is 3.04. The van der Waals surface area contributed by atoms with Crippen molar-refractivity contribution in [3.05, 3.63) is 29.3 Å². The van der Waals surface area contributed by atoms with Gasteiger partial charge in [-0.2, -0.15) is 0 Å². The Kier molecular flexibility index (Phi) is 6.53. The molecule has 0 saturated carbocycles. The Morgan fingerprint density at radius 2 is 2.05 bits per heavy atom. The Hall–Kier alpha value is -1.39. The first-order chi connectivity index (χ1) is 9.02. The molecular formula is C15H25N3O. The molecule has 0 fully saturated rings. The number of rotatable bonds is 7. The molecule has 1 amide bonds. The number of nitrogens with one attached hydrogen (secondary N) is 2. The number of benzene rings is 1. The fraction of sp³-hybridized carbons (Fsp3) is 0.533. The minimum absolute atomic E-state index is 0.0407. The van der Waals surface area contributed by atoms with E-state index in [2.05, 4.69) is 16.7 Å². The van der Waals surface area contributed by atoms with Crippen LogP contribution < -0.4 is 10.6 Å². The van der Waals surface area contributed by atoms with Gasteiger partial charge in [0.05, 0.1) is 6.54 Å². The van der Waals surface area contributed by atoms with E-state index >= 15 is 0 Å². The van der Waals surface area contributed by atoms with Gasteiger partial charge >= 0.3 is 0 Å². The van der Waals surface area contributed by atoms with Crippen LogP contribution in [-0.2, 0) is 4.79 Å². The van der Waals surface area contributed by atoms with Crippen molar-refractivity contribution in [2.24, 2.45) is 0 Å². The molecule has 0 aromatic heterocycles. The summed E-state index contributed by atoms with van der Waals surface area (Å²) in [6, 6.07) is 6.05. The predicted molar refractivity (Wildman–Crippen MR) is 80.6 cm³/mol. The number of likely N-dealkylation sites (N-methyl/N-ethyl adjacent to an activating group) is 1. The van der Waals surface area contributed by atoms with E-state index in [1.807, 2.05) is 45.0 Å². The van der Waals surface area contributed by atoms with Crippen molar-refractivity contribution < 1.29 is 4.79 Å². The molecule has 0 aliphatic heterocycles. The van der Waals surface area contributed by atoms with Gasteiger partial charge in [0, 0.05) is 5.69 Å². The van der Waals surface area contributed by atoms with Crippen LogP contribution in [-0.4, -0.2) is 44.5 Å². The summed E-state index contributed by atoms with van der Waals surface area (Å²) in [5.41, 5.74) is 3.21. The number of aryl methyl sites for hydroxylation is 2. The summed E-state index contributed by atoms with van der Waals surface area (Å²) in [6.07, 6.45) is 1.05. The average molecular weight is 263 g/mol. The highest BCUT2D eigenvalue weighted by Crippen LogP contribution is 2.15. The number of hydrogen-bond acceptors (Lipinski definition) is 3. The summed E-state index contributed by atoms with van der Waals surface area (Å²) in [5, 5.41) is 6.06. The molecule has 0 spiro atoms. The zero-order valence-electron chi connectivity index (χ0n) is 12.4. The first kappa shape index (κ1) is 15.7. The van der Waals surface area contributed by atoms with E-state index in [0.717, 1.165) is 30.8 Å². The highest BCUT2D eigenvalue weighted by Gasteiger charge is 2.08. The lowest BCUT2D eigenvalue weighted by Crippen LogP contribution is -2.32. The lowest BCUT2D eigenvalue weighted by atomic mass is 10.1. The topological polar surface area (TPSA) is 44.4 Å². The molecule has 4 nitrogen and oxygen atoms in total. The molecule has 0 aliphatic rings. The van der Waals surface area contributed by atoms with Crippen molar-refractivity contribution in [3.8, 4) is 0 Å². The van der Waals surface area contributed by atoms with Crippen LogP contribution in [0.4, 0.5) is 5.69 Å². The van der Waals surface area contributed by atoms with E-state index in [9.17, 15) is 4.79 Å². The Morgan fingerprint density at radius 3 is 2.68 bits per heavy atom. The lowest BCUT2D eigenvalue weighted by molar-refractivity contribution is -0.117. The number of carbonyl (C=O) groups is 1. The monoisotopic (exact) mass is 263 g/mol. The quantitative estimate of drug-likeness (QED) is 0.737. The number of carbonyl (C=O) groups excluding carboxylic acids is 1. The van der Waals surface area contributed by atoms with Crippen molar-refractivity contribution in [1.82, 2.24) is 10.2 Å². The van der Waals surface area contributed by atoms with Gasteiger partial charge in [-0.15, -0.1) is 0 Å². The molecule has 1 rings (SSSR count). The first-order valence-electron chi connectivity index (χ1n) is 6.73. The Bertz CT molecular complexity index is 418. The molecule has 0 atom stereocenters. The van der Waals surface area contributed by atoms with Gasteiger partial charge in [-0.25, -0.2) is 0 Å². The Balaban J connectivity index is 2.42. The summed E-state index contributed by atoms with van der Waals surface area (Å²) >= 11 is 0. The number of hydrogen-bond donors (Lipinski definition) is 2. The maximum Gasteiger partial charge on any atom is 0.238 e. The number of nitrogens with zero attached hydrogens (tertiary/aromatic N) is 1. The van der Waals surface area contributed by atoms with Crippen molar-refractivity contribution in [2.75, 3.05) is 39.0 Å². The standard InChI is InChI=1S/C15H25N3O/c1-12-6-7-14(13(2)10-12)17-15(19)11-18(4)9-5-8-16-3/h6-7,10,16H,5,8-9,11H2,1-4H3,(H,17,19). The van der Waals surface area contributed by atoms with E-state index in [0.29, 0.717) is 6.54 Å². The second-order valence-electron chi connectivity index (χ2n) is 5.06. The van der Waals surface area contributed by atoms with Gasteiger partial charge in [-0.1, -0.05) is 17.7 Å². The van der Waals surface area contributed by atoms with Crippen molar-refractivity contribution in [2.45, 2.75) is 20.3 Å². The van der Waals surface area contributed by atoms with Crippen LogP contribution in [0.5, 0.6) is 0 Å². The molecule has 0 radical (unpaired) electrons. The van der Waals surface area contributed by atoms with E-state index in [-0.39, 0.29) is 5.91 Å². The van der Waals surface area contributed by atoms with Crippen molar-refractivity contribution in [3.63, 3.8) is 0 Å². The molecule has 0 saturated heterocycles. The fourth-order valence-electron chi connectivity index (χ4n) is 1.99. The van der Waals surface area contributed by atoms with E-state index in [1.54, 1.807) is 0 Å². The van der Waals surface area contributed by atoms with Crippen molar-refractivity contribution >= 4 is 11.6 Å². The zero-order chi connectivity index (χ0) is 14.3. The highest BCUT2D eigenvalue weighted by molar-refractivity contribution is 5.92. The van der Waals surface area contributed by atoms with Crippen LogP contribution >= 0.6 is 0 Å². The van der Waals surface area contributed by atoms with Gasteiger partial charge < -0.3 is 10.6 Å². The van der Waals surface area contributed by atoms with E-state index < -0.39 is 0 Å². The third-order valence-corrected chi connectivity index (χ3v) is 3.04. The molecule has 1 aromatic carbocycles. The highest BCUT2D eigenvalue weighted by atomic mass is 16.2. The molecule has 0 unspecified atom stereocenters. The summed E-state index contributed by atoms with van der Waals surface area (Å²) in [7, 11) is 3.91. The Morgan fingerprint density at radius 1 is 1.32 bits per heavy atom. The van der Waals surface area contributed by atoms with Crippen LogP contribution in [0.1, 0.15) is 17.5 Å². The summed E-state index contributed by atoms with van der Waals surface area (Å²) in [4.78, 5) is 14.0. The molecular weight excluding hydrogens is 238 g/mol. The van der Waals surface area contributed by atoms with Gasteiger partial charge in [0.15, 0.2) is 0 Å². The van der Waals surface area contributed by atoms with E-state index in [4.69, 9.17) is 0 Å². The predicted octanol–water partition coefficient (Wildman–Crippen LogP) is 1.78. The van der Waals surface area contributed by atoms with Gasteiger partial charge in [-0.3, -0.25) is 9.69 Å². The van der Waals surface area contributed by atoms with Gasteiger partial charge in [0.1, 0.15) is 0 Å². The molecule has 4 heteroatoms. The maximum atomic E-state index is 11.9. The second-order valence-corrected chi connectivity index (χ2v) is 5.06. The van der Waals surface area contributed by atoms with Crippen LogP contribution in [0.3, 0.4) is 0 Å². The summed E-state index contributed by atoms with van der Waals surface area (Å²) < 4.78 is 0. The lowest BCUT2D eigenvalue weighted by Gasteiger charge is -2.16. The zero-order valence-corrected chi connectivity index (χ0v) is 12.4. The van der Waals surface area contributed by atoms with Crippen LogP contribution in [0.2, 0.25) is 0 Å². The number of anilines is 1. The minimum atomic E-state index is 0.0407. The van der Waals surface area contributed by atoms with Crippen molar-refractivity contribution in [1.29, 1.82) is 0 Å². The summed E-state index contributed by atoms with van der Waals surface area (Å²) in [6.45, 7) is 6.38. The molecule has 0 bridgehead atoms. The maximum absolute atomic E-state index is 11.9.